The SMILES string of the molecule is CCC(C)C(=O)N[C@@H](c1ccccc1)[C@@H](O)C(=O)O[C@H]1C[C@@]2(O)[C@@H](OC(=O)c3ccccc3)C3[C@](C)(C(=O)[C@H](OC(C)=O)C(=C1C)C2(C)C)[C@@H](O)C[C@H]1OC[C@@]31OC(C)=O. The van der Waals surface area contributed by atoms with Gasteiger partial charge in [-0.05, 0) is 49.1 Å². The molecule has 2 saturated carbocycles. The van der Waals surface area contributed by atoms with Crippen molar-refractivity contribution in [3.8, 4) is 0 Å². The van der Waals surface area contributed by atoms with Crippen LogP contribution in [0, 0.1) is 22.7 Å². The van der Waals surface area contributed by atoms with E-state index in [0.717, 1.165) is 13.8 Å². The first-order valence-corrected chi connectivity index (χ1v) is 20.3. The van der Waals surface area contributed by atoms with Gasteiger partial charge in [0.15, 0.2) is 23.6 Å². The van der Waals surface area contributed by atoms with Crippen LogP contribution in [0.15, 0.2) is 71.8 Å². The summed E-state index contributed by atoms with van der Waals surface area (Å²) in [6.07, 6.45) is -9.88. The molecule has 324 valence electrons. The van der Waals surface area contributed by atoms with Gasteiger partial charge in [0.2, 0.25) is 5.91 Å². The molecule has 0 aromatic heterocycles. The van der Waals surface area contributed by atoms with Gasteiger partial charge in [0.1, 0.15) is 23.9 Å². The number of nitrogens with one attached hydrogen (secondary N) is 1. The van der Waals surface area contributed by atoms with Gasteiger partial charge in [0.05, 0.1) is 35.6 Å². The third-order valence-corrected chi connectivity index (χ3v) is 13.5. The predicted molar refractivity (Wildman–Crippen MR) is 211 cm³/mol. The van der Waals surface area contributed by atoms with Crippen LogP contribution in [-0.4, -0.2) is 105 Å². The van der Waals surface area contributed by atoms with E-state index in [1.807, 2.05) is 6.92 Å². The van der Waals surface area contributed by atoms with Gasteiger partial charge < -0.3 is 44.3 Å². The molecule has 4 aliphatic rings. The van der Waals surface area contributed by atoms with Gasteiger partial charge >= 0.3 is 23.9 Å². The van der Waals surface area contributed by atoms with Crippen molar-refractivity contribution >= 4 is 35.6 Å². The van der Waals surface area contributed by atoms with Crippen molar-refractivity contribution in [1.82, 2.24) is 5.32 Å². The van der Waals surface area contributed by atoms with Crippen molar-refractivity contribution in [2.75, 3.05) is 6.61 Å². The van der Waals surface area contributed by atoms with Crippen LogP contribution < -0.4 is 5.32 Å². The number of carbonyl (C=O) groups is 6. The minimum Gasteiger partial charge on any atom is -0.456 e. The van der Waals surface area contributed by atoms with Crippen molar-refractivity contribution in [3.63, 3.8) is 0 Å². The van der Waals surface area contributed by atoms with Gasteiger partial charge in [-0.15, -0.1) is 0 Å². The second-order valence-corrected chi connectivity index (χ2v) is 17.3. The zero-order valence-corrected chi connectivity index (χ0v) is 35.1. The Kier molecular flexibility index (Phi) is 12.2. The number of esters is 4. The molecule has 0 radical (unpaired) electrons. The van der Waals surface area contributed by atoms with Crippen molar-refractivity contribution in [1.29, 1.82) is 0 Å². The Morgan fingerprint density at radius 1 is 0.933 bits per heavy atom. The molecule has 60 heavy (non-hydrogen) atoms. The third-order valence-electron chi connectivity index (χ3n) is 13.5. The lowest BCUT2D eigenvalue weighted by Crippen LogP contribution is -2.82. The number of amides is 1. The molecule has 2 aromatic carbocycles. The number of hydrogen-bond donors (Lipinski definition) is 4. The number of hydrogen-bond acceptors (Lipinski definition) is 14. The average Bonchev–Trinajstić information content (AvgIpc) is 3.20. The van der Waals surface area contributed by atoms with Crippen molar-refractivity contribution in [3.05, 3.63) is 82.9 Å². The zero-order chi connectivity index (χ0) is 44.1. The van der Waals surface area contributed by atoms with Crippen LogP contribution in [0.2, 0.25) is 0 Å². The van der Waals surface area contributed by atoms with E-state index in [0.29, 0.717) is 12.0 Å². The van der Waals surface area contributed by atoms with Crippen molar-refractivity contribution in [2.24, 2.45) is 22.7 Å². The normalized spacial score (nSPS) is 33.1. The van der Waals surface area contributed by atoms with Crippen LogP contribution in [-0.2, 0) is 47.7 Å². The Morgan fingerprint density at radius 2 is 1.55 bits per heavy atom. The molecule has 15 heteroatoms. The fourth-order valence-corrected chi connectivity index (χ4v) is 9.85. The van der Waals surface area contributed by atoms with E-state index in [-0.39, 0.29) is 29.7 Å². The number of carbonyl (C=O) groups excluding carboxylic acids is 6. The Bertz CT molecular complexity index is 2050. The van der Waals surface area contributed by atoms with E-state index in [4.69, 9.17) is 23.7 Å². The molecule has 3 aliphatic carbocycles. The van der Waals surface area contributed by atoms with E-state index >= 15 is 4.79 Å². The number of ketones is 1. The van der Waals surface area contributed by atoms with E-state index < -0.39 is 119 Å². The minimum atomic E-state index is -2.37. The maximum absolute atomic E-state index is 15.4. The Labute approximate surface area is 348 Å². The summed E-state index contributed by atoms with van der Waals surface area (Å²) in [5.41, 5.74) is -7.15. The molecular weight excluding hydrogens is 778 g/mol. The molecule has 15 nitrogen and oxygen atoms in total. The summed E-state index contributed by atoms with van der Waals surface area (Å²) in [5, 5.41) is 40.1. The largest absolute Gasteiger partial charge is 0.456 e. The first-order chi connectivity index (χ1) is 28.1. The maximum Gasteiger partial charge on any atom is 0.338 e. The standard InChI is InChI=1S/C45H55NO14/c1-9-23(2)39(52)46-33(27-16-12-10-13-17-27)34(50)41(54)58-29-21-45(55)38(59-40(53)28-18-14-11-15-19-28)36-43(8,30(49)20-31-44(36,22-56-31)60-26(5)48)37(51)35(57-25(4)47)32(24(29)3)42(45,6)7/h10-19,23,29-31,33-36,38,49-50,55H,9,20-22H2,1-8H3,(H,46,52)/t23?,29-,30-,31+,33-,34+,35+,36?,38-,43+,44-,45+/m0/s1. The molecule has 12 atom stereocenters. The number of benzene rings is 2. The van der Waals surface area contributed by atoms with Gasteiger partial charge in [0, 0.05) is 38.0 Å². The molecule has 0 spiro atoms. The number of Topliss-reactive ketones (excluding diaryl/α,β-unsaturated/α-hetero) is 1. The fourth-order valence-electron chi connectivity index (χ4n) is 9.85. The highest BCUT2D eigenvalue weighted by molar-refractivity contribution is 5.95. The van der Waals surface area contributed by atoms with Crippen LogP contribution in [0.1, 0.15) is 96.6 Å². The van der Waals surface area contributed by atoms with Crippen molar-refractivity contribution in [2.45, 2.75) is 129 Å². The molecule has 6 rings (SSSR count). The number of aliphatic hydroxyl groups is 3. The summed E-state index contributed by atoms with van der Waals surface area (Å²) in [5.74, 6) is -7.06. The quantitative estimate of drug-likeness (QED) is 0.145. The highest BCUT2D eigenvalue weighted by atomic mass is 16.6. The number of fused-ring (bicyclic) bond motifs is 5. The first-order valence-electron chi connectivity index (χ1n) is 20.3. The van der Waals surface area contributed by atoms with Gasteiger partial charge in [0.25, 0.3) is 0 Å². The molecule has 2 aromatic rings. The summed E-state index contributed by atoms with van der Waals surface area (Å²) < 4.78 is 30.2. The number of aliphatic hydroxyl groups excluding tert-OH is 2. The van der Waals surface area contributed by atoms with Gasteiger partial charge in [-0.1, -0.05) is 76.2 Å². The van der Waals surface area contributed by atoms with Crippen LogP contribution in [0.3, 0.4) is 0 Å². The lowest BCUT2D eigenvalue weighted by molar-refractivity contribution is -0.346. The monoisotopic (exact) mass is 833 g/mol. The second kappa shape index (κ2) is 16.5. The molecule has 1 aliphatic heterocycles. The summed E-state index contributed by atoms with van der Waals surface area (Å²) >= 11 is 0. The first kappa shape index (κ1) is 44.6. The Morgan fingerprint density at radius 3 is 2.10 bits per heavy atom. The van der Waals surface area contributed by atoms with Gasteiger partial charge in [-0.2, -0.15) is 0 Å². The molecule has 2 unspecified atom stereocenters. The molecule has 1 amide bonds. The second-order valence-electron chi connectivity index (χ2n) is 17.3. The molecule has 4 N–H and O–H groups in total. The minimum absolute atomic E-state index is 0.00887. The van der Waals surface area contributed by atoms with Gasteiger partial charge in [-0.3, -0.25) is 19.2 Å². The molecule has 3 fully saturated rings. The lowest BCUT2D eigenvalue weighted by Gasteiger charge is -2.67. The van der Waals surface area contributed by atoms with Crippen molar-refractivity contribution < 1.29 is 67.8 Å². The summed E-state index contributed by atoms with van der Waals surface area (Å²) in [6.45, 7) is 11.5. The van der Waals surface area contributed by atoms with E-state index in [2.05, 4.69) is 5.32 Å². The molecule has 2 bridgehead atoms. The Balaban J connectivity index is 1.55. The maximum atomic E-state index is 15.4. The van der Waals surface area contributed by atoms with Crippen LogP contribution in [0.25, 0.3) is 0 Å². The molecule has 1 heterocycles. The third kappa shape index (κ3) is 7.32. The van der Waals surface area contributed by atoms with E-state index in [9.17, 15) is 39.3 Å². The van der Waals surface area contributed by atoms with E-state index in [1.165, 1.54) is 26.0 Å². The smallest absolute Gasteiger partial charge is 0.338 e. The zero-order valence-electron chi connectivity index (χ0n) is 35.1. The average molecular weight is 834 g/mol. The summed E-state index contributed by atoms with van der Waals surface area (Å²) in [6, 6.07) is 14.9. The highest BCUT2D eigenvalue weighted by Gasteiger charge is 2.78. The van der Waals surface area contributed by atoms with Crippen LogP contribution >= 0.6 is 0 Å². The highest BCUT2D eigenvalue weighted by Crippen LogP contribution is 2.64. The Hall–Kier alpha value is -4.96. The number of rotatable bonds is 11. The summed E-state index contributed by atoms with van der Waals surface area (Å²) in [4.78, 5) is 83.0. The fraction of sp³-hybridized carbons (Fsp3) is 0.556. The molecule has 1 saturated heterocycles. The summed E-state index contributed by atoms with van der Waals surface area (Å²) in [7, 11) is 0. The lowest BCUT2D eigenvalue weighted by atomic mass is 9.44. The number of ether oxygens (including phenoxy) is 5. The predicted octanol–water partition coefficient (Wildman–Crippen LogP) is 3.47. The topological polar surface area (TPSA) is 221 Å². The van der Waals surface area contributed by atoms with Crippen LogP contribution in [0.5, 0.6) is 0 Å². The van der Waals surface area contributed by atoms with E-state index in [1.54, 1.807) is 69.3 Å². The van der Waals surface area contributed by atoms with Gasteiger partial charge in [-0.25, -0.2) is 9.59 Å². The molecular formula is C45H55NO14. The van der Waals surface area contributed by atoms with Crippen LogP contribution in [0.4, 0.5) is 0 Å².